The maximum Gasteiger partial charge on any atom is 0.259 e. The Balaban J connectivity index is 0.000000227. The van der Waals surface area contributed by atoms with E-state index in [1.54, 1.807) is 36.7 Å². The normalized spacial score (nSPS) is 20.4. The number of benzene rings is 1. The van der Waals surface area contributed by atoms with Crippen molar-refractivity contribution in [1.29, 1.82) is 0 Å². The molecule has 0 spiro atoms. The number of pyridine rings is 1. The summed E-state index contributed by atoms with van der Waals surface area (Å²) >= 11 is 1.55. The number of hydrogen-bond acceptors (Lipinski definition) is 9. The quantitative estimate of drug-likeness (QED) is 0.259. The van der Waals surface area contributed by atoms with E-state index in [2.05, 4.69) is 54.9 Å². The molecule has 3 aromatic rings. The summed E-state index contributed by atoms with van der Waals surface area (Å²) in [7, 11) is -2.02. The van der Waals surface area contributed by atoms with Crippen LogP contribution in [-0.2, 0) is 19.6 Å². The fraction of sp³-hybridized carbons (Fsp3) is 0.500. The van der Waals surface area contributed by atoms with Crippen molar-refractivity contribution >= 4 is 44.1 Å². The molecule has 4 N–H and O–H groups in total. The highest BCUT2D eigenvalue weighted by atomic mass is 32.2. The van der Waals surface area contributed by atoms with Crippen molar-refractivity contribution in [2.24, 2.45) is 5.92 Å². The highest BCUT2D eigenvalue weighted by Crippen LogP contribution is 2.44. The summed E-state index contributed by atoms with van der Waals surface area (Å²) in [5, 5.41) is 9.27. The van der Waals surface area contributed by atoms with E-state index < -0.39 is 21.5 Å². The number of methoxy groups -OCH3 is 1. The van der Waals surface area contributed by atoms with Gasteiger partial charge < -0.3 is 20.4 Å². The van der Waals surface area contributed by atoms with E-state index in [1.165, 1.54) is 6.42 Å². The van der Waals surface area contributed by atoms with E-state index in [9.17, 15) is 22.8 Å². The first kappa shape index (κ1) is 35.9. The van der Waals surface area contributed by atoms with E-state index in [0.717, 1.165) is 52.4 Å². The number of carbonyl (C=O) groups excluding carboxylic acids is 2. The van der Waals surface area contributed by atoms with Gasteiger partial charge in [0.15, 0.2) is 5.43 Å². The van der Waals surface area contributed by atoms with E-state index in [-0.39, 0.29) is 23.3 Å². The van der Waals surface area contributed by atoms with Crippen molar-refractivity contribution in [3.63, 3.8) is 0 Å². The van der Waals surface area contributed by atoms with Crippen LogP contribution in [0, 0.1) is 12.8 Å². The maximum absolute atomic E-state index is 12.4. The zero-order chi connectivity index (χ0) is 33.5. The molecule has 1 aromatic carbocycles. The first-order chi connectivity index (χ1) is 21.2. The molecule has 3 heterocycles. The van der Waals surface area contributed by atoms with Crippen molar-refractivity contribution in [3.05, 3.63) is 57.7 Å². The summed E-state index contributed by atoms with van der Waals surface area (Å²) in [5.74, 6) is -0.0670. The van der Waals surface area contributed by atoms with Crippen molar-refractivity contribution in [3.8, 4) is 16.5 Å². The number of H-pyrrole nitrogens is 1. The van der Waals surface area contributed by atoms with Crippen molar-refractivity contribution in [2.45, 2.75) is 77.8 Å². The van der Waals surface area contributed by atoms with Crippen LogP contribution >= 0.6 is 11.3 Å². The number of aromatic amines is 1. The number of aryl methyl sites for hydroxylation is 1. The lowest BCUT2D eigenvalue weighted by Gasteiger charge is -2.20. The molecule has 1 aliphatic carbocycles. The lowest BCUT2D eigenvalue weighted by Crippen LogP contribution is -2.55. The van der Waals surface area contributed by atoms with Crippen LogP contribution in [0.25, 0.3) is 21.6 Å². The number of nitrogens with one attached hydrogen (secondary N) is 4. The SMILES string of the molecule is C=CC1C[C@]1(NC(=O)C1CCCN1)C(=O)NS(C)(=O)=O.CCC.COc1ccc2c(=O)cc(-c3nc(C(C)C)cs3)[nH]c2c1C. The van der Waals surface area contributed by atoms with Gasteiger partial charge >= 0.3 is 0 Å². The van der Waals surface area contributed by atoms with Gasteiger partial charge in [-0.2, -0.15) is 0 Å². The standard InChI is InChI=1S/C17H18N2O2S.C12H19N3O4S.C3H8/c1-9(2)13-8-22-17(19-13)12-7-14(20)11-5-6-15(21-4)10(3)16(11)18-12;1-3-8-7-12(8,11(17)15-20(2,18)19)14-10(16)9-5-4-6-13-9;1-3-2/h5-9H,1-4H3,(H,18,20);3,8-9,13H,1,4-7H2,2H3,(H,14,16)(H,15,17);3H2,1-2H3/t;8?,9?,12-;/m.1./s1. The molecule has 2 unspecified atom stereocenters. The highest BCUT2D eigenvalue weighted by Gasteiger charge is 2.60. The van der Waals surface area contributed by atoms with Crippen LogP contribution in [0.1, 0.15) is 70.6 Å². The van der Waals surface area contributed by atoms with E-state index in [0.29, 0.717) is 24.1 Å². The van der Waals surface area contributed by atoms with Gasteiger partial charge in [-0.15, -0.1) is 17.9 Å². The molecular formula is C32H45N5O6S2. The average Bonchev–Trinajstić information content (AvgIpc) is 3.33. The molecule has 1 saturated carbocycles. The molecule has 2 fully saturated rings. The molecule has 3 atom stereocenters. The molecule has 0 radical (unpaired) electrons. The van der Waals surface area contributed by atoms with E-state index in [4.69, 9.17) is 4.74 Å². The third kappa shape index (κ3) is 8.80. The number of amides is 2. The van der Waals surface area contributed by atoms with E-state index in [1.807, 2.05) is 23.1 Å². The molecule has 1 saturated heterocycles. The largest absolute Gasteiger partial charge is 0.496 e. The van der Waals surface area contributed by atoms with Gasteiger partial charge in [-0.1, -0.05) is 40.2 Å². The molecule has 2 amide bonds. The Morgan fingerprint density at radius 3 is 2.49 bits per heavy atom. The number of sulfonamides is 1. The van der Waals surface area contributed by atoms with Gasteiger partial charge in [0.1, 0.15) is 16.3 Å². The summed E-state index contributed by atoms with van der Waals surface area (Å²) in [5.41, 5.74) is 2.36. The molecular weight excluding hydrogens is 615 g/mol. The van der Waals surface area contributed by atoms with Gasteiger partial charge in [-0.3, -0.25) is 19.1 Å². The Kier molecular flexibility index (Phi) is 12.1. The molecule has 2 aromatic heterocycles. The minimum Gasteiger partial charge on any atom is -0.496 e. The predicted molar refractivity (Wildman–Crippen MR) is 180 cm³/mol. The van der Waals surface area contributed by atoms with Crippen LogP contribution in [0.2, 0.25) is 0 Å². The minimum atomic E-state index is -3.65. The van der Waals surface area contributed by atoms with Crippen LogP contribution in [0.15, 0.2) is 41.0 Å². The lowest BCUT2D eigenvalue weighted by molar-refractivity contribution is -0.130. The van der Waals surface area contributed by atoms with Gasteiger partial charge in [0.05, 0.1) is 36.3 Å². The van der Waals surface area contributed by atoms with Crippen LogP contribution in [-0.4, -0.2) is 61.7 Å². The van der Waals surface area contributed by atoms with Crippen LogP contribution in [0.4, 0.5) is 0 Å². The summed E-state index contributed by atoms with van der Waals surface area (Å²) < 4.78 is 29.6. The third-order valence-electron chi connectivity index (χ3n) is 7.49. The molecule has 11 nitrogen and oxygen atoms in total. The van der Waals surface area contributed by atoms with E-state index >= 15 is 0 Å². The monoisotopic (exact) mass is 659 g/mol. The molecule has 246 valence electrons. The van der Waals surface area contributed by atoms with Gasteiger partial charge in [-0.25, -0.2) is 13.4 Å². The van der Waals surface area contributed by atoms with Gasteiger partial charge in [-0.05, 0) is 50.8 Å². The molecule has 2 aliphatic rings. The Labute approximate surface area is 269 Å². The fourth-order valence-corrected chi connectivity index (χ4v) is 6.43. The van der Waals surface area contributed by atoms with Gasteiger partial charge in [0.25, 0.3) is 5.91 Å². The zero-order valence-corrected chi connectivity index (χ0v) is 28.7. The molecule has 13 heteroatoms. The number of aromatic nitrogens is 2. The number of ether oxygens (including phenoxy) is 1. The summed E-state index contributed by atoms with van der Waals surface area (Å²) in [6, 6.07) is 4.93. The Morgan fingerprint density at radius 2 is 1.98 bits per heavy atom. The smallest absolute Gasteiger partial charge is 0.259 e. The third-order valence-corrected chi connectivity index (χ3v) is 8.94. The number of rotatable bonds is 8. The molecule has 5 rings (SSSR count). The summed E-state index contributed by atoms with van der Waals surface area (Å²) in [4.78, 5) is 44.5. The van der Waals surface area contributed by atoms with Crippen LogP contribution in [0.3, 0.4) is 0 Å². The van der Waals surface area contributed by atoms with Crippen molar-refractivity contribution in [1.82, 2.24) is 25.3 Å². The molecule has 1 aliphatic heterocycles. The van der Waals surface area contributed by atoms with Crippen molar-refractivity contribution in [2.75, 3.05) is 19.9 Å². The fourth-order valence-electron chi connectivity index (χ4n) is 4.96. The minimum absolute atomic E-state index is 0.00389. The van der Waals surface area contributed by atoms with Crippen molar-refractivity contribution < 1.29 is 22.7 Å². The van der Waals surface area contributed by atoms with Gasteiger partial charge in [0, 0.05) is 28.3 Å². The number of fused-ring (bicyclic) bond motifs is 1. The molecule has 0 bridgehead atoms. The second-order valence-electron chi connectivity index (χ2n) is 11.7. The Bertz CT molecular complexity index is 1690. The Hall–Kier alpha value is -3.55. The first-order valence-corrected chi connectivity index (χ1v) is 17.8. The average molecular weight is 660 g/mol. The van der Waals surface area contributed by atoms with Crippen LogP contribution in [0.5, 0.6) is 5.75 Å². The van der Waals surface area contributed by atoms with Gasteiger partial charge in [0.2, 0.25) is 15.9 Å². The number of nitrogens with zero attached hydrogens (tertiary/aromatic N) is 1. The molecule has 45 heavy (non-hydrogen) atoms. The van der Waals surface area contributed by atoms with Crippen LogP contribution < -0.4 is 25.5 Å². The number of thiazole rings is 1. The Morgan fingerprint density at radius 1 is 1.29 bits per heavy atom. The number of carbonyl (C=O) groups is 2. The number of hydrogen-bond donors (Lipinski definition) is 4. The topological polar surface area (TPSA) is 159 Å². The first-order valence-electron chi connectivity index (χ1n) is 15.1. The second-order valence-corrected chi connectivity index (χ2v) is 14.3. The predicted octanol–water partition coefficient (Wildman–Crippen LogP) is 4.38. The summed E-state index contributed by atoms with van der Waals surface area (Å²) in [6.07, 6.45) is 5.71. The second kappa shape index (κ2) is 15.2. The lowest BCUT2D eigenvalue weighted by atomic mass is 10.1. The zero-order valence-electron chi connectivity index (χ0n) is 27.1. The maximum atomic E-state index is 12.4. The highest BCUT2D eigenvalue weighted by molar-refractivity contribution is 7.89. The summed E-state index contributed by atoms with van der Waals surface area (Å²) in [6.45, 7) is 14.8.